The van der Waals surface area contributed by atoms with Crippen molar-refractivity contribution in [3.63, 3.8) is 0 Å². The highest BCUT2D eigenvalue weighted by molar-refractivity contribution is 5.99. The standard InChI is InChI=1S/C22H21N3O4/c1-25(14-20(26)23-16-9-6-10-17(13-16)29-2)22(28)18-11-12-19(24-21(18)27)15-7-4-3-5-8-15/h3-13H,14H2,1-2H3,(H,23,26)(H,24,27). The average Bonchev–Trinajstić information content (AvgIpc) is 2.73. The highest BCUT2D eigenvalue weighted by atomic mass is 16.5. The van der Waals surface area contributed by atoms with Crippen LogP contribution in [0.4, 0.5) is 5.69 Å². The molecule has 0 unspecified atom stereocenters. The van der Waals surface area contributed by atoms with Gasteiger partial charge >= 0.3 is 0 Å². The molecule has 0 aliphatic carbocycles. The molecule has 7 heteroatoms. The van der Waals surface area contributed by atoms with Gasteiger partial charge in [0.2, 0.25) is 5.91 Å². The van der Waals surface area contributed by atoms with Gasteiger partial charge < -0.3 is 19.9 Å². The summed E-state index contributed by atoms with van der Waals surface area (Å²) in [7, 11) is 3.01. The van der Waals surface area contributed by atoms with Crippen LogP contribution in [0, 0.1) is 0 Å². The van der Waals surface area contributed by atoms with Crippen LogP contribution >= 0.6 is 0 Å². The number of H-pyrrole nitrogens is 1. The average molecular weight is 391 g/mol. The summed E-state index contributed by atoms with van der Waals surface area (Å²) in [6.45, 7) is -0.198. The van der Waals surface area contributed by atoms with Gasteiger partial charge in [-0.25, -0.2) is 0 Å². The third-order valence-electron chi connectivity index (χ3n) is 4.31. The molecule has 3 aromatic rings. The third-order valence-corrected chi connectivity index (χ3v) is 4.31. The summed E-state index contributed by atoms with van der Waals surface area (Å²) in [5, 5.41) is 2.70. The van der Waals surface area contributed by atoms with Crippen molar-refractivity contribution >= 4 is 17.5 Å². The fourth-order valence-corrected chi connectivity index (χ4v) is 2.82. The molecule has 0 saturated heterocycles. The molecule has 3 rings (SSSR count). The van der Waals surface area contributed by atoms with Crippen LogP contribution < -0.4 is 15.6 Å². The summed E-state index contributed by atoms with van der Waals surface area (Å²) in [6, 6.07) is 19.4. The van der Waals surface area contributed by atoms with E-state index < -0.39 is 11.5 Å². The lowest BCUT2D eigenvalue weighted by Crippen LogP contribution is -2.37. The summed E-state index contributed by atoms with van der Waals surface area (Å²) in [5.74, 6) is -0.310. The number of nitrogens with zero attached hydrogens (tertiary/aromatic N) is 1. The highest BCUT2D eigenvalue weighted by Gasteiger charge is 2.18. The van der Waals surface area contributed by atoms with Crippen LogP contribution in [0.15, 0.2) is 71.5 Å². The molecule has 29 heavy (non-hydrogen) atoms. The van der Waals surface area contributed by atoms with Gasteiger partial charge in [-0.1, -0.05) is 36.4 Å². The summed E-state index contributed by atoms with van der Waals surface area (Å²) >= 11 is 0. The molecule has 1 heterocycles. The topological polar surface area (TPSA) is 91.5 Å². The molecule has 0 bridgehead atoms. The van der Waals surface area contributed by atoms with Crippen LogP contribution in [0.25, 0.3) is 11.3 Å². The van der Waals surface area contributed by atoms with Gasteiger partial charge in [0.1, 0.15) is 11.3 Å². The number of aromatic nitrogens is 1. The third kappa shape index (κ3) is 4.90. The van der Waals surface area contributed by atoms with Crippen molar-refractivity contribution in [3.8, 4) is 17.0 Å². The molecule has 0 aliphatic heterocycles. The maximum atomic E-state index is 12.6. The van der Waals surface area contributed by atoms with Gasteiger partial charge in [0, 0.05) is 24.5 Å². The number of pyridine rings is 1. The molecule has 0 radical (unpaired) electrons. The van der Waals surface area contributed by atoms with Crippen LogP contribution in [0.2, 0.25) is 0 Å². The van der Waals surface area contributed by atoms with Crippen molar-refractivity contribution in [2.45, 2.75) is 0 Å². The second kappa shape index (κ2) is 8.88. The molecule has 1 aromatic heterocycles. The minimum Gasteiger partial charge on any atom is -0.497 e. The molecular formula is C22H21N3O4. The van der Waals surface area contributed by atoms with E-state index in [2.05, 4.69) is 10.3 Å². The van der Waals surface area contributed by atoms with E-state index in [0.29, 0.717) is 17.1 Å². The second-order valence-electron chi connectivity index (χ2n) is 6.42. The Bertz CT molecular complexity index is 1080. The Morgan fingerprint density at radius 2 is 1.79 bits per heavy atom. The van der Waals surface area contributed by atoms with Crippen LogP contribution in [0.5, 0.6) is 5.75 Å². The molecule has 2 amide bonds. The minimum absolute atomic E-state index is 0.0265. The Morgan fingerprint density at radius 3 is 2.48 bits per heavy atom. The van der Waals surface area contributed by atoms with E-state index in [4.69, 9.17) is 4.74 Å². The number of likely N-dealkylation sites (N-methyl/N-ethyl adjacent to an activating group) is 1. The summed E-state index contributed by atoms with van der Waals surface area (Å²) in [4.78, 5) is 41.2. The molecule has 0 saturated carbocycles. The van der Waals surface area contributed by atoms with Gasteiger partial charge in [-0.05, 0) is 29.8 Å². The number of anilines is 1. The van der Waals surface area contributed by atoms with Crippen LogP contribution in [-0.4, -0.2) is 42.4 Å². The number of benzene rings is 2. The number of ether oxygens (including phenoxy) is 1. The number of carbonyl (C=O) groups is 2. The number of nitrogens with one attached hydrogen (secondary N) is 2. The van der Waals surface area contributed by atoms with Crippen molar-refractivity contribution in [1.29, 1.82) is 0 Å². The molecule has 0 aliphatic rings. The SMILES string of the molecule is COc1cccc(NC(=O)CN(C)C(=O)c2ccc(-c3ccccc3)[nH]c2=O)c1. The smallest absolute Gasteiger partial charge is 0.261 e. The summed E-state index contributed by atoms with van der Waals surface area (Å²) in [6.07, 6.45) is 0. The van der Waals surface area contributed by atoms with Crippen molar-refractivity contribution in [2.24, 2.45) is 0 Å². The van der Waals surface area contributed by atoms with Crippen molar-refractivity contribution in [3.05, 3.63) is 82.6 Å². The fraction of sp³-hybridized carbons (Fsp3) is 0.136. The van der Waals surface area contributed by atoms with E-state index in [1.54, 1.807) is 30.3 Å². The zero-order valence-corrected chi connectivity index (χ0v) is 16.1. The predicted molar refractivity (Wildman–Crippen MR) is 111 cm³/mol. The van der Waals surface area contributed by atoms with E-state index in [1.807, 2.05) is 30.3 Å². The van der Waals surface area contributed by atoms with E-state index in [-0.39, 0.29) is 18.0 Å². The summed E-state index contributed by atoms with van der Waals surface area (Å²) in [5.41, 5.74) is 1.48. The Labute approximate surface area is 167 Å². The lowest BCUT2D eigenvalue weighted by atomic mass is 10.1. The van der Waals surface area contributed by atoms with E-state index in [1.165, 1.54) is 25.1 Å². The predicted octanol–water partition coefficient (Wildman–Crippen LogP) is 2.76. The zero-order chi connectivity index (χ0) is 20.8. The van der Waals surface area contributed by atoms with Crippen molar-refractivity contribution in [1.82, 2.24) is 9.88 Å². The molecular weight excluding hydrogens is 370 g/mol. The summed E-state index contributed by atoms with van der Waals surface area (Å²) < 4.78 is 5.11. The maximum absolute atomic E-state index is 12.6. The molecule has 2 N–H and O–H groups in total. The molecule has 148 valence electrons. The Hall–Kier alpha value is -3.87. The van der Waals surface area contributed by atoms with Crippen LogP contribution in [0.3, 0.4) is 0 Å². The lowest BCUT2D eigenvalue weighted by Gasteiger charge is -2.17. The molecule has 2 aromatic carbocycles. The van der Waals surface area contributed by atoms with Crippen molar-refractivity contribution in [2.75, 3.05) is 26.0 Å². The van der Waals surface area contributed by atoms with Gasteiger partial charge in [-0.3, -0.25) is 14.4 Å². The normalized spacial score (nSPS) is 10.3. The minimum atomic E-state index is -0.536. The number of hydrogen-bond acceptors (Lipinski definition) is 4. The highest BCUT2D eigenvalue weighted by Crippen LogP contribution is 2.17. The molecule has 0 fully saturated rings. The van der Waals surface area contributed by atoms with Gasteiger partial charge in [-0.15, -0.1) is 0 Å². The van der Waals surface area contributed by atoms with Crippen LogP contribution in [-0.2, 0) is 4.79 Å². The van der Waals surface area contributed by atoms with Gasteiger partial charge in [0.15, 0.2) is 0 Å². The van der Waals surface area contributed by atoms with Crippen molar-refractivity contribution < 1.29 is 14.3 Å². The number of amides is 2. The first-order valence-corrected chi connectivity index (χ1v) is 8.96. The number of aromatic amines is 1. The monoisotopic (exact) mass is 391 g/mol. The van der Waals surface area contributed by atoms with E-state index in [0.717, 1.165) is 5.56 Å². The second-order valence-corrected chi connectivity index (χ2v) is 6.42. The zero-order valence-electron chi connectivity index (χ0n) is 16.1. The number of rotatable bonds is 6. The van der Waals surface area contributed by atoms with Gasteiger partial charge in [0.25, 0.3) is 11.5 Å². The Balaban J connectivity index is 1.68. The molecule has 0 atom stereocenters. The number of methoxy groups -OCH3 is 1. The number of hydrogen-bond donors (Lipinski definition) is 2. The van der Waals surface area contributed by atoms with Crippen LogP contribution in [0.1, 0.15) is 10.4 Å². The van der Waals surface area contributed by atoms with E-state index >= 15 is 0 Å². The molecule has 0 spiro atoms. The quantitative estimate of drug-likeness (QED) is 0.676. The first-order chi connectivity index (χ1) is 14.0. The lowest BCUT2D eigenvalue weighted by molar-refractivity contribution is -0.116. The van der Waals surface area contributed by atoms with Gasteiger partial charge in [0.05, 0.1) is 13.7 Å². The largest absolute Gasteiger partial charge is 0.497 e. The van der Waals surface area contributed by atoms with Gasteiger partial charge in [-0.2, -0.15) is 0 Å². The maximum Gasteiger partial charge on any atom is 0.261 e. The number of carbonyl (C=O) groups excluding carboxylic acids is 2. The molecule has 7 nitrogen and oxygen atoms in total. The first kappa shape index (κ1) is 19.9. The first-order valence-electron chi connectivity index (χ1n) is 8.96. The van der Waals surface area contributed by atoms with E-state index in [9.17, 15) is 14.4 Å². The fourth-order valence-electron chi connectivity index (χ4n) is 2.82. The Morgan fingerprint density at radius 1 is 1.03 bits per heavy atom. The Kier molecular flexibility index (Phi) is 6.09.